The number of carbonyl (C=O) groups excluding carboxylic acids is 1. The van der Waals surface area contributed by atoms with Crippen LogP contribution in [0.15, 0.2) is 6.33 Å². The minimum absolute atomic E-state index is 0.0349. The second kappa shape index (κ2) is 7.14. The maximum atomic E-state index is 12.0. The smallest absolute Gasteiger partial charge is 0.227 e. The molecule has 0 bridgehead atoms. The fourth-order valence-electron chi connectivity index (χ4n) is 2.24. The fourth-order valence-corrected chi connectivity index (χ4v) is 3.17. The third kappa shape index (κ3) is 4.32. The number of nitrogens with one attached hydrogen (secondary N) is 1. The lowest BCUT2D eigenvalue weighted by molar-refractivity contribution is -0.116. The molecule has 1 saturated carbocycles. The predicted octanol–water partition coefficient (Wildman–Crippen LogP) is 1.49. The number of nitrogens with zero attached hydrogens (tertiary/aromatic N) is 6. The van der Waals surface area contributed by atoms with Gasteiger partial charge in [0.15, 0.2) is 0 Å². The summed E-state index contributed by atoms with van der Waals surface area (Å²) in [6, 6.07) is 0. The lowest BCUT2D eigenvalue weighted by Crippen LogP contribution is -2.25. The van der Waals surface area contributed by atoms with Gasteiger partial charge in [-0.15, -0.1) is 20.4 Å². The van der Waals surface area contributed by atoms with Gasteiger partial charge in [0.2, 0.25) is 11.0 Å². The monoisotopic (exact) mass is 335 g/mol. The summed E-state index contributed by atoms with van der Waals surface area (Å²) in [4.78, 5) is 14.1. The van der Waals surface area contributed by atoms with Gasteiger partial charge in [0.25, 0.3) is 0 Å². The third-order valence-corrected chi connectivity index (χ3v) is 4.78. The largest absolute Gasteiger partial charge is 0.317 e. The number of hydrogen-bond acceptors (Lipinski definition) is 7. The topological polar surface area (TPSA) is 88.8 Å². The van der Waals surface area contributed by atoms with E-state index in [0.717, 1.165) is 17.4 Å². The summed E-state index contributed by atoms with van der Waals surface area (Å²) in [7, 11) is 1.97. The van der Waals surface area contributed by atoms with Crippen LogP contribution in [0.1, 0.15) is 42.9 Å². The molecule has 8 nitrogen and oxygen atoms in total. The lowest BCUT2D eigenvalue weighted by atomic mass is 10.3. The van der Waals surface area contributed by atoms with Crippen LogP contribution in [0.3, 0.4) is 0 Å². The van der Waals surface area contributed by atoms with Gasteiger partial charge in [0.1, 0.15) is 17.2 Å². The van der Waals surface area contributed by atoms with Gasteiger partial charge in [-0.3, -0.25) is 9.69 Å². The van der Waals surface area contributed by atoms with Crippen LogP contribution in [-0.4, -0.2) is 49.4 Å². The molecule has 1 amide bonds. The highest BCUT2D eigenvalue weighted by molar-refractivity contribution is 7.15. The molecule has 2 heterocycles. The summed E-state index contributed by atoms with van der Waals surface area (Å²) in [6.07, 6.45) is 4.52. The molecule has 2 aromatic heterocycles. The quantitative estimate of drug-likeness (QED) is 0.786. The Morgan fingerprint density at radius 3 is 3.00 bits per heavy atom. The second-order valence-corrected chi connectivity index (χ2v) is 6.80. The Morgan fingerprint density at radius 1 is 1.43 bits per heavy atom. The van der Waals surface area contributed by atoms with Crippen LogP contribution in [-0.2, 0) is 17.9 Å². The van der Waals surface area contributed by atoms with Crippen molar-refractivity contribution in [2.24, 2.45) is 0 Å². The van der Waals surface area contributed by atoms with E-state index < -0.39 is 0 Å². The van der Waals surface area contributed by atoms with Crippen molar-refractivity contribution in [2.45, 2.75) is 45.2 Å². The van der Waals surface area contributed by atoms with Crippen molar-refractivity contribution < 1.29 is 4.79 Å². The molecule has 9 heteroatoms. The number of anilines is 1. The maximum Gasteiger partial charge on any atom is 0.227 e. The maximum absolute atomic E-state index is 12.0. The minimum Gasteiger partial charge on any atom is -0.317 e. The van der Waals surface area contributed by atoms with Gasteiger partial charge in [-0.25, -0.2) is 0 Å². The molecule has 0 saturated heterocycles. The van der Waals surface area contributed by atoms with Gasteiger partial charge in [-0.2, -0.15) is 0 Å². The van der Waals surface area contributed by atoms with E-state index in [1.807, 2.05) is 11.6 Å². The Bertz CT molecular complexity index is 664. The molecular weight excluding hydrogens is 314 g/mol. The van der Waals surface area contributed by atoms with Crippen molar-refractivity contribution in [3.63, 3.8) is 0 Å². The zero-order valence-electron chi connectivity index (χ0n) is 13.4. The highest BCUT2D eigenvalue weighted by Crippen LogP contribution is 2.42. The molecule has 0 aromatic carbocycles. The molecule has 0 spiro atoms. The van der Waals surface area contributed by atoms with Crippen LogP contribution >= 0.6 is 11.3 Å². The molecule has 1 aliphatic rings. The summed E-state index contributed by atoms with van der Waals surface area (Å²) in [5.74, 6) is 1.45. The van der Waals surface area contributed by atoms with E-state index in [0.29, 0.717) is 30.6 Å². The second-order valence-electron chi connectivity index (χ2n) is 5.79. The van der Waals surface area contributed by atoms with Crippen LogP contribution in [0.25, 0.3) is 0 Å². The number of aromatic nitrogens is 5. The number of hydrogen-bond donors (Lipinski definition) is 1. The highest BCUT2D eigenvalue weighted by atomic mass is 32.1. The SMILES string of the molecule is CCn1cnnc1CN(C)CCC(=O)Nc1nnc(C2CC2)s1. The Kier molecular flexibility index (Phi) is 4.97. The molecule has 2 aromatic rings. The van der Waals surface area contributed by atoms with Crippen molar-refractivity contribution in [1.82, 2.24) is 29.9 Å². The zero-order chi connectivity index (χ0) is 16.2. The highest BCUT2D eigenvalue weighted by Gasteiger charge is 2.27. The average Bonchev–Trinajstić information content (AvgIpc) is 3.12. The van der Waals surface area contributed by atoms with Crippen LogP contribution in [0.5, 0.6) is 0 Å². The Labute approximate surface area is 138 Å². The van der Waals surface area contributed by atoms with Crippen LogP contribution in [0.2, 0.25) is 0 Å². The molecule has 3 rings (SSSR count). The predicted molar refractivity (Wildman–Crippen MR) is 87.2 cm³/mol. The van der Waals surface area contributed by atoms with Crippen molar-refractivity contribution in [2.75, 3.05) is 18.9 Å². The van der Waals surface area contributed by atoms with E-state index in [2.05, 4.69) is 37.5 Å². The molecule has 0 unspecified atom stereocenters. The van der Waals surface area contributed by atoms with E-state index in [-0.39, 0.29) is 5.91 Å². The van der Waals surface area contributed by atoms with Gasteiger partial charge >= 0.3 is 0 Å². The molecule has 124 valence electrons. The third-order valence-electron chi connectivity index (χ3n) is 3.78. The summed E-state index contributed by atoms with van der Waals surface area (Å²) in [5, 5.41) is 20.6. The minimum atomic E-state index is -0.0349. The summed E-state index contributed by atoms with van der Waals surface area (Å²) in [5.41, 5.74) is 0. The van der Waals surface area contributed by atoms with E-state index in [4.69, 9.17) is 0 Å². The Morgan fingerprint density at radius 2 is 2.26 bits per heavy atom. The van der Waals surface area contributed by atoms with E-state index in [9.17, 15) is 4.79 Å². The summed E-state index contributed by atoms with van der Waals surface area (Å²) < 4.78 is 2.00. The molecule has 1 aliphatic carbocycles. The van der Waals surface area contributed by atoms with E-state index in [1.165, 1.54) is 24.2 Å². The Hall–Kier alpha value is -1.87. The zero-order valence-corrected chi connectivity index (χ0v) is 14.2. The fraction of sp³-hybridized carbons (Fsp3) is 0.643. The molecule has 0 atom stereocenters. The van der Waals surface area contributed by atoms with Crippen molar-refractivity contribution in [3.05, 3.63) is 17.2 Å². The number of amides is 1. The van der Waals surface area contributed by atoms with E-state index in [1.54, 1.807) is 6.33 Å². The summed E-state index contributed by atoms with van der Waals surface area (Å²) in [6.45, 7) is 4.22. The molecule has 1 fully saturated rings. The molecule has 23 heavy (non-hydrogen) atoms. The first-order valence-corrected chi connectivity index (χ1v) is 8.65. The van der Waals surface area contributed by atoms with Crippen LogP contribution in [0, 0.1) is 0 Å². The van der Waals surface area contributed by atoms with Crippen molar-refractivity contribution in [3.8, 4) is 0 Å². The van der Waals surface area contributed by atoms with Gasteiger partial charge in [-0.05, 0) is 26.8 Å². The first kappa shape index (κ1) is 16.0. The molecule has 0 aliphatic heterocycles. The number of rotatable bonds is 8. The van der Waals surface area contributed by atoms with Gasteiger partial charge in [-0.1, -0.05) is 11.3 Å². The lowest BCUT2D eigenvalue weighted by Gasteiger charge is -2.15. The van der Waals surface area contributed by atoms with Crippen molar-refractivity contribution in [1.29, 1.82) is 0 Å². The number of carbonyl (C=O) groups is 1. The van der Waals surface area contributed by atoms with Gasteiger partial charge < -0.3 is 9.88 Å². The molecule has 0 radical (unpaired) electrons. The normalized spacial score (nSPS) is 14.4. The summed E-state index contributed by atoms with van der Waals surface area (Å²) >= 11 is 1.49. The van der Waals surface area contributed by atoms with Crippen molar-refractivity contribution >= 4 is 22.4 Å². The van der Waals surface area contributed by atoms with E-state index >= 15 is 0 Å². The molecule has 1 N–H and O–H groups in total. The Balaban J connectivity index is 1.42. The average molecular weight is 335 g/mol. The van der Waals surface area contributed by atoms with Gasteiger partial charge in [0, 0.05) is 25.4 Å². The first-order chi connectivity index (χ1) is 11.2. The first-order valence-electron chi connectivity index (χ1n) is 7.84. The van der Waals surface area contributed by atoms with Crippen LogP contribution < -0.4 is 5.32 Å². The van der Waals surface area contributed by atoms with Gasteiger partial charge in [0.05, 0.1) is 6.54 Å². The van der Waals surface area contributed by atoms with Crippen LogP contribution in [0.4, 0.5) is 5.13 Å². The molecular formula is C14H21N7OS. The number of aryl methyl sites for hydroxylation is 1. The standard InChI is InChI=1S/C14H21N7OS/c1-3-21-9-15-17-11(21)8-20(2)7-6-12(22)16-14-19-18-13(23-14)10-4-5-10/h9-10H,3-8H2,1-2H3,(H,16,19,22).